The number of benzene rings is 2. The monoisotopic (exact) mass is 410 g/mol. The van der Waals surface area contributed by atoms with E-state index in [1.165, 1.54) is 0 Å². The maximum atomic E-state index is 12.0. The number of hydrogen-bond donors (Lipinski definition) is 4. The van der Waals surface area contributed by atoms with Gasteiger partial charge in [0.2, 0.25) is 5.91 Å². The fourth-order valence-corrected chi connectivity index (χ4v) is 4.62. The summed E-state index contributed by atoms with van der Waals surface area (Å²) in [6, 6.07) is 19.6. The Morgan fingerprint density at radius 1 is 0.967 bits per heavy atom. The van der Waals surface area contributed by atoms with Crippen LogP contribution in [0.2, 0.25) is 0 Å². The number of amides is 1. The zero-order chi connectivity index (χ0) is 21.3. The molecular formula is C25H34N2O3. The van der Waals surface area contributed by atoms with Gasteiger partial charge in [0.1, 0.15) is 0 Å². The quantitative estimate of drug-likeness (QED) is 0.484. The van der Waals surface area contributed by atoms with Gasteiger partial charge >= 0.3 is 0 Å². The van der Waals surface area contributed by atoms with E-state index in [2.05, 4.69) is 10.6 Å². The molecule has 30 heavy (non-hydrogen) atoms. The number of carbonyl (C=O) groups is 1. The van der Waals surface area contributed by atoms with Crippen LogP contribution in [0.3, 0.4) is 0 Å². The van der Waals surface area contributed by atoms with Gasteiger partial charge in [0.05, 0.1) is 12.2 Å². The first-order valence-electron chi connectivity index (χ1n) is 11.0. The van der Waals surface area contributed by atoms with Crippen LogP contribution in [0.1, 0.15) is 55.4 Å². The Balaban J connectivity index is 1.61. The number of hydrogen-bond acceptors (Lipinski definition) is 4. The van der Waals surface area contributed by atoms with E-state index in [9.17, 15) is 15.0 Å². The normalized spacial score (nSPS) is 23.1. The molecule has 1 aliphatic heterocycles. The standard InChI is InChI=1S/C25H34N2O3/c1-26-25(30)16-22-21(13-15-24(29)19-10-6-3-7-11-19)20(17-27-22)12-14-23(28)18-8-4-2-5-9-18/h2-11,20-24,27-29H,12-17H2,1H3,(H,26,30)/t20-,21+,22+,23?,24?/m0/s1. The minimum atomic E-state index is -0.497. The van der Waals surface area contributed by atoms with Crippen LogP contribution in [0.15, 0.2) is 60.7 Å². The number of aliphatic hydroxyl groups excluding tert-OH is 2. The Labute approximate surface area is 179 Å². The van der Waals surface area contributed by atoms with Crippen LogP contribution in [-0.4, -0.2) is 35.8 Å². The van der Waals surface area contributed by atoms with Crippen molar-refractivity contribution in [3.63, 3.8) is 0 Å². The Morgan fingerprint density at radius 3 is 2.03 bits per heavy atom. The summed E-state index contributed by atoms with van der Waals surface area (Å²) in [5.41, 5.74) is 1.88. The lowest BCUT2D eigenvalue weighted by Crippen LogP contribution is -2.34. The largest absolute Gasteiger partial charge is 0.388 e. The third-order valence-electron chi connectivity index (χ3n) is 6.40. The molecule has 0 spiro atoms. The number of aliphatic hydroxyl groups is 2. The van der Waals surface area contributed by atoms with Gasteiger partial charge in [0, 0.05) is 19.5 Å². The van der Waals surface area contributed by atoms with Crippen molar-refractivity contribution < 1.29 is 15.0 Å². The van der Waals surface area contributed by atoms with E-state index in [-0.39, 0.29) is 11.9 Å². The van der Waals surface area contributed by atoms with Crippen LogP contribution >= 0.6 is 0 Å². The summed E-state index contributed by atoms with van der Waals surface area (Å²) < 4.78 is 0. The van der Waals surface area contributed by atoms with Gasteiger partial charge in [-0.3, -0.25) is 4.79 Å². The molecule has 1 amide bonds. The smallest absolute Gasteiger partial charge is 0.221 e. The lowest BCUT2D eigenvalue weighted by atomic mass is 9.81. The molecule has 1 heterocycles. The molecule has 0 aromatic heterocycles. The van der Waals surface area contributed by atoms with Crippen LogP contribution in [0, 0.1) is 11.8 Å². The Morgan fingerprint density at radius 2 is 1.50 bits per heavy atom. The summed E-state index contributed by atoms with van der Waals surface area (Å²) in [5, 5.41) is 27.4. The molecule has 5 heteroatoms. The van der Waals surface area contributed by atoms with E-state index in [1.807, 2.05) is 60.7 Å². The molecule has 5 nitrogen and oxygen atoms in total. The summed E-state index contributed by atoms with van der Waals surface area (Å²) in [6.45, 7) is 0.843. The van der Waals surface area contributed by atoms with Crippen molar-refractivity contribution in [1.82, 2.24) is 10.6 Å². The van der Waals surface area contributed by atoms with Crippen LogP contribution < -0.4 is 10.6 Å². The molecule has 5 atom stereocenters. The zero-order valence-corrected chi connectivity index (χ0v) is 17.7. The number of rotatable bonds is 10. The molecule has 2 aromatic rings. The maximum absolute atomic E-state index is 12.0. The van der Waals surface area contributed by atoms with E-state index in [4.69, 9.17) is 0 Å². The predicted molar refractivity (Wildman–Crippen MR) is 119 cm³/mol. The van der Waals surface area contributed by atoms with Gasteiger partial charge in [-0.2, -0.15) is 0 Å². The molecule has 2 unspecified atom stereocenters. The van der Waals surface area contributed by atoms with Crippen LogP contribution in [0.5, 0.6) is 0 Å². The van der Waals surface area contributed by atoms with Crippen molar-refractivity contribution in [3.05, 3.63) is 71.8 Å². The SMILES string of the molecule is CNC(=O)C[C@H]1NC[C@H](CCC(O)c2ccccc2)[C@H]1CCC(O)c1ccccc1. The number of carbonyl (C=O) groups excluding carboxylic acids is 1. The summed E-state index contributed by atoms with van der Waals surface area (Å²) in [4.78, 5) is 12.0. The molecule has 1 saturated heterocycles. The highest BCUT2D eigenvalue weighted by Gasteiger charge is 2.36. The van der Waals surface area contributed by atoms with Gasteiger partial charge < -0.3 is 20.8 Å². The molecule has 3 rings (SSSR count). The fraction of sp³-hybridized carbons (Fsp3) is 0.480. The van der Waals surface area contributed by atoms with Gasteiger partial charge in [0.15, 0.2) is 0 Å². The van der Waals surface area contributed by atoms with E-state index in [1.54, 1.807) is 7.05 Å². The van der Waals surface area contributed by atoms with Crippen LogP contribution in [0.25, 0.3) is 0 Å². The first-order valence-corrected chi connectivity index (χ1v) is 11.0. The van der Waals surface area contributed by atoms with Gasteiger partial charge in [-0.05, 0) is 55.2 Å². The molecular weight excluding hydrogens is 376 g/mol. The van der Waals surface area contributed by atoms with E-state index in [0.29, 0.717) is 31.1 Å². The van der Waals surface area contributed by atoms with Crippen LogP contribution in [-0.2, 0) is 4.79 Å². The lowest BCUT2D eigenvalue weighted by molar-refractivity contribution is -0.121. The first kappa shape index (κ1) is 22.5. The third-order valence-corrected chi connectivity index (χ3v) is 6.40. The van der Waals surface area contributed by atoms with Crippen molar-refractivity contribution in [1.29, 1.82) is 0 Å². The highest BCUT2D eigenvalue weighted by Crippen LogP contribution is 2.35. The lowest BCUT2D eigenvalue weighted by Gasteiger charge is -2.26. The van der Waals surface area contributed by atoms with Gasteiger partial charge in [-0.15, -0.1) is 0 Å². The highest BCUT2D eigenvalue weighted by molar-refractivity contribution is 5.76. The third kappa shape index (κ3) is 6.14. The summed E-state index contributed by atoms with van der Waals surface area (Å²) in [5.74, 6) is 0.704. The van der Waals surface area contributed by atoms with Crippen molar-refractivity contribution in [2.75, 3.05) is 13.6 Å². The predicted octanol–water partition coefficient (Wildman–Crippen LogP) is 3.35. The van der Waals surface area contributed by atoms with Crippen LogP contribution in [0.4, 0.5) is 0 Å². The second-order valence-corrected chi connectivity index (χ2v) is 8.32. The molecule has 4 N–H and O–H groups in total. The van der Waals surface area contributed by atoms with Gasteiger partial charge in [-0.1, -0.05) is 60.7 Å². The topological polar surface area (TPSA) is 81.6 Å². The summed E-state index contributed by atoms with van der Waals surface area (Å²) >= 11 is 0. The Hall–Kier alpha value is -2.21. The van der Waals surface area contributed by atoms with Crippen molar-refractivity contribution >= 4 is 5.91 Å². The number of nitrogens with one attached hydrogen (secondary N) is 2. The van der Waals surface area contributed by atoms with E-state index >= 15 is 0 Å². The maximum Gasteiger partial charge on any atom is 0.221 e. The summed E-state index contributed by atoms with van der Waals surface area (Å²) in [7, 11) is 1.67. The summed E-state index contributed by atoms with van der Waals surface area (Å²) in [6.07, 6.45) is 2.57. The fourth-order valence-electron chi connectivity index (χ4n) is 4.62. The second kappa shape index (κ2) is 11.3. The molecule has 0 bridgehead atoms. The molecule has 0 radical (unpaired) electrons. The van der Waals surface area contributed by atoms with Crippen molar-refractivity contribution in [2.24, 2.45) is 11.8 Å². The highest BCUT2D eigenvalue weighted by atomic mass is 16.3. The van der Waals surface area contributed by atoms with Crippen molar-refractivity contribution in [2.45, 2.75) is 50.4 Å². The molecule has 162 valence electrons. The Bertz CT molecular complexity index is 768. The molecule has 0 aliphatic carbocycles. The Kier molecular flexibility index (Phi) is 8.43. The molecule has 1 fully saturated rings. The average Bonchev–Trinajstić information content (AvgIpc) is 3.17. The van der Waals surface area contributed by atoms with Gasteiger partial charge in [0.25, 0.3) is 0 Å². The van der Waals surface area contributed by atoms with Crippen molar-refractivity contribution in [3.8, 4) is 0 Å². The van der Waals surface area contributed by atoms with E-state index in [0.717, 1.165) is 30.5 Å². The second-order valence-electron chi connectivity index (χ2n) is 8.32. The first-order chi connectivity index (χ1) is 14.6. The molecule has 2 aromatic carbocycles. The molecule has 0 saturated carbocycles. The minimum Gasteiger partial charge on any atom is -0.388 e. The average molecular weight is 411 g/mol. The van der Waals surface area contributed by atoms with E-state index < -0.39 is 12.2 Å². The zero-order valence-electron chi connectivity index (χ0n) is 17.7. The minimum absolute atomic E-state index is 0.0334. The molecule has 1 aliphatic rings. The van der Waals surface area contributed by atoms with Gasteiger partial charge in [-0.25, -0.2) is 0 Å².